The van der Waals surface area contributed by atoms with Crippen molar-refractivity contribution >= 4 is 40.9 Å². The van der Waals surface area contributed by atoms with E-state index in [1.807, 2.05) is 19.9 Å². The van der Waals surface area contributed by atoms with E-state index in [-0.39, 0.29) is 28.9 Å². The lowest BCUT2D eigenvalue weighted by Crippen LogP contribution is -2.30. The van der Waals surface area contributed by atoms with Gasteiger partial charge >= 0.3 is 0 Å². The zero-order chi connectivity index (χ0) is 25.1. The van der Waals surface area contributed by atoms with Crippen LogP contribution in [0.25, 0.3) is 6.08 Å². The molecule has 0 radical (unpaired) electrons. The van der Waals surface area contributed by atoms with Crippen LogP contribution in [-0.4, -0.2) is 23.5 Å². The molecule has 4 rings (SSSR count). The summed E-state index contributed by atoms with van der Waals surface area (Å²) >= 11 is 5.86. The first-order valence-corrected chi connectivity index (χ1v) is 10.8. The maximum absolute atomic E-state index is 13.2. The number of aryl methyl sites for hydroxylation is 2. The van der Waals surface area contributed by atoms with Crippen LogP contribution in [0.5, 0.6) is 11.5 Å². The van der Waals surface area contributed by atoms with E-state index >= 15 is 0 Å². The average Bonchev–Trinajstić information content (AvgIpc) is 3.29. The first-order chi connectivity index (χ1) is 16.7. The normalized spacial score (nSPS) is 12.3. The van der Waals surface area contributed by atoms with Crippen molar-refractivity contribution in [2.45, 2.75) is 13.8 Å². The number of hydrogen-bond acceptors (Lipinski definition) is 6. The van der Waals surface area contributed by atoms with Crippen molar-refractivity contribution in [1.29, 1.82) is 0 Å². The molecule has 1 aliphatic rings. The van der Waals surface area contributed by atoms with Gasteiger partial charge in [-0.15, -0.1) is 0 Å². The minimum absolute atomic E-state index is 0.0628. The van der Waals surface area contributed by atoms with Crippen molar-refractivity contribution in [3.8, 4) is 11.5 Å². The third-order valence-electron chi connectivity index (χ3n) is 5.37. The summed E-state index contributed by atoms with van der Waals surface area (Å²) in [4.78, 5) is 36.7. The van der Waals surface area contributed by atoms with Gasteiger partial charge in [-0.05, 0) is 73.0 Å². The molecule has 0 aliphatic carbocycles. The Morgan fingerprint density at radius 2 is 1.77 bits per heavy atom. The Balaban J connectivity index is 1.66. The molecule has 0 fully saturated rings. The number of ether oxygens (including phenoxy) is 2. The number of amides is 2. The summed E-state index contributed by atoms with van der Waals surface area (Å²) in [7, 11) is 0. The van der Waals surface area contributed by atoms with Gasteiger partial charge in [0.15, 0.2) is 11.5 Å². The van der Waals surface area contributed by atoms with Gasteiger partial charge in [-0.3, -0.25) is 19.7 Å². The van der Waals surface area contributed by atoms with E-state index in [1.54, 1.807) is 30.3 Å². The van der Waals surface area contributed by atoms with Crippen LogP contribution in [0.15, 0.2) is 60.3 Å². The van der Waals surface area contributed by atoms with Gasteiger partial charge in [0.25, 0.3) is 17.5 Å². The molecule has 3 aromatic carbocycles. The van der Waals surface area contributed by atoms with Crippen molar-refractivity contribution in [2.24, 2.45) is 0 Å². The lowest BCUT2D eigenvalue weighted by atomic mass is 10.1. The Bertz CT molecular complexity index is 1390. The van der Waals surface area contributed by atoms with Gasteiger partial charge in [0, 0.05) is 17.3 Å². The number of hydrogen-bond donors (Lipinski definition) is 2. The Labute approximate surface area is 205 Å². The molecule has 2 N–H and O–H groups in total. The molecule has 0 spiro atoms. The highest BCUT2D eigenvalue weighted by molar-refractivity contribution is 6.32. The van der Waals surface area contributed by atoms with Crippen LogP contribution in [0, 0.1) is 24.0 Å². The summed E-state index contributed by atoms with van der Waals surface area (Å²) < 4.78 is 10.7. The number of anilines is 1. The van der Waals surface area contributed by atoms with E-state index < -0.39 is 16.7 Å². The van der Waals surface area contributed by atoms with Crippen LogP contribution in [-0.2, 0) is 4.79 Å². The Hall–Kier alpha value is -4.37. The second kappa shape index (κ2) is 9.86. The summed E-state index contributed by atoms with van der Waals surface area (Å²) in [5.74, 6) is -0.0955. The Morgan fingerprint density at radius 3 is 2.51 bits per heavy atom. The fraction of sp³-hybridized carbons (Fsp3) is 0.120. The largest absolute Gasteiger partial charge is 0.454 e. The van der Waals surface area contributed by atoms with Gasteiger partial charge in [-0.25, -0.2) is 0 Å². The van der Waals surface area contributed by atoms with Gasteiger partial charge in [-0.2, -0.15) is 0 Å². The summed E-state index contributed by atoms with van der Waals surface area (Å²) in [6.07, 6.45) is 1.47. The van der Waals surface area contributed by atoms with Crippen LogP contribution in [0.1, 0.15) is 27.0 Å². The predicted molar refractivity (Wildman–Crippen MR) is 131 cm³/mol. The Kier molecular flexibility index (Phi) is 6.70. The Morgan fingerprint density at radius 1 is 1.00 bits per heavy atom. The molecule has 35 heavy (non-hydrogen) atoms. The molecule has 0 bridgehead atoms. The minimum Gasteiger partial charge on any atom is -0.454 e. The lowest BCUT2D eigenvalue weighted by Gasteiger charge is -2.12. The highest BCUT2D eigenvalue weighted by Gasteiger charge is 2.19. The monoisotopic (exact) mass is 493 g/mol. The van der Waals surface area contributed by atoms with E-state index in [0.29, 0.717) is 22.6 Å². The molecule has 3 aromatic rings. The maximum atomic E-state index is 13.2. The van der Waals surface area contributed by atoms with Gasteiger partial charge in [0.05, 0.1) is 4.92 Å². The van der Waals surface area contributed by atoms with E-state index in [4.69, 9.17) is 21.1 Å². The number of halogens is 1. The van der Waals surface area contributed by atoms with Crippen molar-refractivity contribution in [3.63, 3.8) is 0 Å². The highest BCUT2D eigenvalue weighted by Crippen LogP contribution is 2.33. The SMILES string of the molecule is Cc1ccc(C(=O)NC(=Cc2ccc3c(c2)OCO3)C(=O)Nc2ccc(Cl)c([N+](=O)[O-])c2)cc1C. The molecule has 0 unspecified atom stereocenters. The number of nitrogens with one attached hydrogen (secondary N) is 2. The van der Waals surface area contributed by atoms with E-state index in [2.05, 4.69) is 10.6 Å². The summed E-state index contributed by atoms with van der Waals surface area (Å²) in [5, 5.41) is 16.4. The zero-order valence-electron chi connectivity index (χ0n) is 18.8. The number of carbonyl (C=O) groups excluding carboxylic acids is 2. The van der Waals surface area contributed by atoms with Crippen molar-refractivity contribution < 1.29 is 24.0 Å². The van der Waals surface area contributed by atoms with Crippen LogP contribution >= 0.6 is 11.6 Å². The first-order valence-electron chi connectivity index (χ1n) is 10.5. The number of carbonyl (C=O) groups is 2. The molecular weight excluding hydrogens is 474 g/mol. The molecule has 0 saturated carbocycles. The highest BCUT2D eigenvalue weighted by atomic mass is 35.5. The van der Waals surface area contributed by atoms with Crippen molar-refractivity contribution in [1.82, 2.24) is 5.32 Å². The van der Waals surface area contributed by atoms with E-state index in [0.717, 1.165) is 17.2 Å². The average molecular weight is 494 g/mol. The van der Waals surface area contributed by atoms with Gasteiger partial charge in [0.1, 0.15) is 10.7 Å². The predicted octanol–water partition coefficient (Wildman–Crippen LogP) is 5.00. The summed E-state index contributed by atoms with van der Waals surface area (Å²) in [6, 6.07) is 14.2. The van der Waals surface area contributed by atoms with Gasteiger partial charge < -0.3 is 20.1 Å². The van der Waals surface area contributed by atoms with Gasteiger partial charge in [-0.1, -0.05) is 23.7 Å². The third-order valence-corrected chi connectivity index (χ3v) is 5.69. The van der Waals surface area contributed by atoms with Crippen LogP contribution in [0.2, 0.25) is 5.02 Å². The minimum atomic E-state index is -0.684. The molecule has 178 valence electrons. The fourth-order valence-corrected chi connectivity index (χ4v) is 3.52. The molecular formula is C25H20ClN3O6. The second-order valence-corrected chi connectivity index (χ2v) is 8.21. The smallest absolute Gasteiger partial charge is 0.289 e. The second-order valence-electron chi connectivity index (χ2n) is 7.80. The number of nitro groups is 1. The van der Waals surface area contributed by atoms with Crippen molar-refractivity contribution in [3.05, 3.63) is 97.7 Å². The zero-order valence-corrected chi connectivity index (χ0v) is 19.5. The summed E-state index contributed by atoms with van der Waals surface area (Å²) in [6.45, 7) is 3.91. The topological polar surface area (TPSA) is 120 Å². The fourth-order valence-electron chi connectivity index (χ4n) is 3.33. The maximum Gasteiger partial charge on any atom is 0.289 e. The van der Waals surface area contributed by atoms with E-state index in [9.17, 15) is 19.7 Å². The number of rotatable bonds is 6. The number of nitrogens with zero attached hydrogens (tertiary/aromatic N) is 1. The molecule has 9 nitrogen and oxygen atoms in total. The lowest BCUT2D eigenvalue weighted by molar-refractivity contribution is -0.384. The number of fused-ring (bicyclic) bond motifs is 1. The third kappa shape index (κ3) is 5.42. The molecule has 0 aromatic heterocycles. The van der Waals surface area contributed by atoms with Crippen LogP contribution in [0.4, 0.5) is 11.4 Å². The van der Waals surface area contributed by atoms with Gasteiger partial charge in [0.2, 0.25) is 6.79 Å². The van der Waals surface area contributed by atoms with E-state index in [1.165, 1.54) is 18.2 Å². The molecule has 10 heteroatoms. The van der Waals surface area contributed by atoms with Crippen molar-refractivity contribution in [2.75, 3.05) is 12.1 Å². The number of benzene rings is 3. The molecule has 0 saturated heterocycles. The number of nitro benzene ring substituents is 1. The first kappa shape index (κ1) is 23.8. The quantitative estimate of drug-likeness (QED) is 0.283. The summed E-state index contributed by atoms with van der Waals surface area (Å²) in [5.41, 5.74) is 2.61. The molecule has 1 heterocycles. The van der Waals surface area contributed by atoms with Crippen LogP contribution < -0.4 is 20.1 Å². The molecule has 1 aliphatic heterocycles. The molecule has 0 atom stereocenters. The molecule has 2 amide bonds. The standard InChI is InChI=1S/C25H20ClN3O6/c1-14-3-5-17(9-15(14)2)24(30)28-20(10-16-4-8-22-23(11-16)35-13-34-22)25(31)27-18-6-7-19(26)21(12-18)29(32)33/h3-12H,13H2,1-2H3,(H,27,31)(H,28,30). The van der Waals surface area contributed by atoms with Crippen LogP contribution in [0.3, 0.4) is 0 Å².